The van der Waals surface area contributed by atoms with Crippen molar-refractivity contribution in [3.8, 4) is 5.88 Å². The summed E-state index contributed by atoms with van der Waals surface area (Å²) >= 11 is 3.39. The predicted octanol–water partition coefficient (Wildman–Crippen LogP) is 2.22. The summed E-state index contributed by atoms with van der Waals surface area (Å²) in [6, 6.07) is 1.99. The van der Waals surface area contributed by atoms with Crippen molar-refractivity contribution < 1.29 is 9.84 Å². The number of aliphatic hydroxyl groups excluding tert-OH is 1. The zero-order valence-corrected chi connectivity index (χ0v) is 9.54. The van der Waals surface area contributed by atoms with E-state index in [1.165, 1.54) is 0 Å². The standard InChI is InChI=1S/C10H12BrNO2/c1-14-10-7(11)5-6-3-2-4-8(13)9(6)12-10/h5,8,13H,2-4H2,1H3. The molecule has 1 unspecified atom stereocenters. The number of rotatable bonds is 1. The van der Waals surface area contributed by atoms with Gasteiger partial charge in [-0.2, -0.15) is 0 Å². The van der Waals surface area contributed by atoms with Crippen molar-refractivity contribution >= 4 is 15.9 Å². The maximum absolute atomic E-state index is 9.74. The Morgan fingerprint density at radius 1 is 1.64 bits per heavy atom. The minimum atomic E-state index is -0.430. The van der Waals surface area contributed by atoms with Crippen molar-refractivity contribution in [3.05, 3.63) is 21.8 Å². The lowest BCUT2D eigenvalue weighted by atomic mass is 9.94. The summed E-state index contributed by atoms with van der Waals surface area (Å²) in [6.07, 6.45) is 2.38. The van der Waals surface area contributed by atoms with Crippen LogP contribution in [0.5, 0.6) is 5.88 Å². The first kappa shape index (κ1) is 9.93. The van der Waals surface area contributed by atoms with Crippen LogP contribution in [-0.4, -0.2) is 17.2 Å². The quantitative estimate of drug-likeness (QED) is 0.839. The second-order valence-electron chi connectivity index (χ2n) is 3.43. The van der Waals surface area contributed by atoms with Crippen LogP contribution in [-0.2, 0) is 6.42 Å². The lowest BCUT2D eigenvalue weighted by Gasteiger charge is -2.21. The fourth-order valence-electron chi connectivity index (χ4n) is 1.78. The molecular weight excluding hydrogens is 246 g/mol. The average Bonchev–Trinajstić information content (AvgIpc) is 2.17. The molecule has 1 N–H and O–H groups in total. The van der Waals surface area contributed by atoms with E-state index >= 15 is 0 Å². The number of methoxy groups -OCH3 is 1. The van der Waals surface area contributed by atoms with Gasteiger partial charge in [0.15, 0.2) is 0 Å². The van der Waals surface area contributed by atoms with Gasteiger partial charge >= 0.3 is 0 Å². The maximum Gasteiger partial charge on any atom is 0.228 e. The minimum Gasteiger partial charge on any atom is -0.480 e. The van der Waals surface area contributed by atoms with Crippen molar-refractivity contribution in [2.24, 2.45) is 0 Å². The number of fused-ring (bicyclic) bond motifs is 1. The van der Waals surface area contributed by atoms with Gasteiger partial charge in [0.05, 0.1) is 23.4 Å². The summed E-state index contributed by atoms with van der Waals surface area (Å²) < 4.78 is 5.94. The molecule has 1 heterocycles. The van der Waals surface area contributed by atoms with E-state index < -0.39 is 6.10 Å². The van der Waals surface area contributed by atoms with E-state index in [1.807, 2.05) is 6.07 Å². The molecule has 76 valence electrons. The molecule has 0 amide bonds. The zero-order valence-electron chi connectivity index (χ0n) is 7.96. The number of pyridine rings is 1. The first-order chi connectivity index (χ1) is 6.72. The van der Waals surface area contributed by atoms with Crippen LogP contribution in [0.25, 0.3) is 0 Å². The summed E-state index contributed by atoms with van der Waals surface area (Å²) in [5, 5.41) is 9.74. The summed E-state index contributed by atoms with van der Waals surface area (Å²) in [5.41, 5.74) is 1.90. The number of ether oxygens (including phenoxy) is 1. The molecule has 0 spiro atoms. The number of halogens is 1. The number of aromatic nitrogens is 1. The molecule has 0 saturated heterocycles. The number of aryl methyl sites for hydroxylation is 1. The van der Waals surface area contributed by atoms with E-state index in [2.05, 4.69) is 20.9 Å². The van der Waals surface area contributed by atoms with Crippen molar-refractivity contribution in [3.63, 3.8) is 0 Å². The average molecular weight is 258 g/mol. The smallest absolute Gasteiger partial charge is 0.228 e. The highest BCUT2D eigenvalue weighted by Crippen LogP contribution is 2.33. The number of nitrogens with zero attached hydrogens (tertiary/aromatic N) is 1. The highest BCUT2D eigenvalue weighted by molar-refractivity contribution is 9.10. The van der Waals surface area contributed by atoms with Gasteiger partial charge in [0.2, 0.25) is 5.88 Å². The molecule has 1 aromatic heterocycles. The van der Waals surface area contributed by atoms with Crippen molar-refractivity contribution in [2.45, 2.75) is 25.4 Å². The highest BCUT2D eigenvalue weighted by atomic mass is 79.9. The molecule has 4 heteroatoms. The molecule has 0 radical (unpaired) electrons. The van der Waals surface area contributed by atoms with Crippen LogP contribution in [0.3, 0.4) is 0 Å². The molecule has 0 bridgehead atoms. The largest absolute Gasteiger partial charge is 0.480 e. The van der Waals surface area contributed by atoms with Gasteiger partial charge in [-0.15, -0.1) is 0 Å². The van der Waals surface area contributed by atoms with Gasteiger partial charge in [-0.1, -0.05) is 0 Å². The van der Waals surface area contributed by atoms with Crippen LogP contribution in [0.1, 0.15) is 30.2 Å². The molecule has 1 aliphatic carbocycles. The Balaban J connectivity index is 2.49. The fraction of sp³-hybridized carbons (Fsp3) is 0.500. The van der Waals surface area contributed by atoms with Gasteiger partial charge in [0.25, 0.3) is 0 Å². The van der Waals surface area contributed by atoms with Crippen LogP contribution in [0, 0.1) is 0 Å². The van der Waals surface area contributed by atoms with Crippen LogP contribution < -0.4 is 4.74 Å². The van der Waals surface area contributed by atoms with E-state index in [0.717, 1.165) is 35.0 Å². The van der Waals surface area contributed by atoms with E-state index in [-0.39, 0.29) is 0 Å². The molecule has 1 aliphatic rings. The Hall–Kier alpha value is -0.610. The maximum atomic E-state index is 9.74. The van der Waals surface area contributed by atoms with Crippen molar-refractivity contribution in [1.29, 1.82) is 0 Å². The normalized spacial score (nSPS) is 20.4. The summed E-state index contributed by atoms with van der Waals surface area (Å²) in [4.78, 5) is 4.29. The monoisotopic (exact) mass is 257 g/mol. The molecule has 2 rings (SSSR count). The van der Waals surface area contributed by atoms with Gasteiger partial charge < -0.3 is 9.84 Å². The third kappa shape index (κ3) is 1.64. The third-order valence-corrected chi connectivity index (χ3v) is 3.06. The third-order valence-electron chi connectivity index (χ3n) is 2.49. The summed E-state index contributed by atoms with van der Waals surface area (Å²) in [5.74, 6) is 0.546. The molecular formula is C10H12BrNO2. The number of aliphatic hydroxyl groups is 1. The van der Waals surface area contributed by atoms with Gasteiger partial charge in [0, 0.05) is 0 Å². The van der Waals surface area contributed by atoms with Crippen LogP contribution in [0.15, 0.2) is 10.5 Å². The Morgan fingerprint density at radius 3 is 3.14 bits per heavy atom. The van der Waals surface area contributed by atoms with Crippen LogP contribution in [0.4, 0.5) is 0 Å². The molecule has 1 atom stereocenters. The van der Waals surface area contributed by atoms with Crippen LogP contribution >= 0.6 is 15.9 Å². The minimum absolute atomic E-state index is 0.430. The Kier molecular flexibility index (Phi) is 2.74. The summed E-state index contributed by atoms with van der Waals surface area (Å²) in [7, 11) is 1.58. The van der Waals surface area contributed by atoms with Crippen molar-refractivity contribution in [2.75, 3.05) is 7.11 Å². The lowest BCUT2D eigenvalue weighted by Crippen LogP contribution is -2.12. The summed E-state index contributed by atoms with van der Waals surface area (Å²) in [6.45, 7) is 0. The van der Waals surface area contributed by atoms with E-state index in [4.69, 9.17) is 4.74 Å². The molecule has 14 heavy (non-hydrogen) atoms. The van der Waals surface area contributed by atoms with Crippen molar-refractivity contribution in [1.82, 2.24) is 4.98 Å². The number of hydrogen-bond acceptors (Lipinski definition) is 3. The van der Waals surface area contributed by atoms with E-state index in [1.54, 1.807) is 7.11 Å². The highest BCUT2D eigenvalue weighted by Gasteiger charge is 2.21. The fourth-order valence-corrected chi connectivity index (χ4v) is 2.30. The second kappa shape index (κ2) is 3.87. The zero-order chi connectivity index (χ0) is 10.1. The van der Waals surface area contributed by atoms with E-state index in [9.17, 15) is 5.11 Å². The number of hydrogen-bond donors (Lipinski definition) is 1. The lowest BCUT2D eigenvalue weighted by molar-refractivity contribution is 0.150. The first-order valence-corrected chi connectivity index (χ1v) is 5.43. The van der Waals surface area contributed by atoms with Gasteiger partial charge in [-0.25, -0.2) is 4.98 Å². The molecule has 0 fully saturated rings. The van der Waals surface area contributed by atoms with Gasteiger partial charge in [-0.3, -0.25) is 0 Å². The Bertz CT molecular complexity index is 354. The molecule has 0 aromatic carbocycles. The Labute approximate surface area is 91.2 Å². The second-order valence-corrected chi connectivity index (χ2v) is 4.29. The molecule has 0 saturated carbocycles. The van der Waals surface area contributed by atoms with Crippen LogP contribution in [0.2, 0.25) is 0 Å². The Morgan fingerprint density at radius 2 is 2.43 bits per heavy atom. The molecule has 0 aliphatic heterocycles. The van der Waals surface area contributed by atoms with Gasteiger partial charge in [0.1, 0.15) is 0 Å². The predicted molar refractivity (Wildman–Crippen MR) is 56.4 cm³/mol. The topological polar surface area (TPSA) is 42.4 Å². The molecule has 3 nitrogen and oxygen atoms in total. The molecule has 1 aromatic rings. The first-order valence-electron chi connectivity index (χ1n) is 4.63. The van der Waals surface area contributed by atoms with Gasteiger partial charge in [-0.05, 0) is 46.8 Å². The SMILES string of the molecule is COc1nc2c(cc1Br)CCCC2O. The van der Waals surface area contributed by atoms with E-state index in [0.29, 0.717) is 5.88 Å².